The van der Waals surface area contributed by atoms with Gasteiger partial charge in [-0.05, 0) is 59.7 Å². The summed E-state index contributed by atoms with van der Waals surface area (Å²) in [5.74, 6) is 2.05. The van der Waals surface area contributed by atoms with E-state index in [2.05, 4.69) is 105 Å². The molecular weight excluding hydrogens is 380 g/mol. The highest BCUT2D eigenvalue weighted by atomic mass is 16.5. The van der Waals surface area contributed by atoms with Crippen molar-refractivity contribution in [1.29, 1.82) is 0 Å². The SMILES string of the molecule is Cc1ccccc1Cc1nc2ccccc2n1CCCOc1ccc(C(C)(C)C)cc1. The Kier molecular flexibility index (Phi) is 6.13. The minimum absolute atomic E-state index is 0.161. The lowest BCUT2D eigenvalue weighted by molar-refractivity contribution is 0.301. The fraction of sp³-hybridized carbons (Fsp3) is 0.321. The Labute approximate surface area is 185 Å². The molecule has 4 aromatic rings. The van der Waals surface area contributed by atoms with Crippen molar-refractivity contribution in [3.63, 3.8) is 0 Å². The van der Waals surface area contributed by atoms with Crippen LogP contribution >= 0.6 is 0 Å². The molecular formula is C28H32N2O. The van der Waals surface area contributed by atoms with Crippen molar-refractivity contribution in [1.82, 2.24) is 9.55 Å². The van der Waals surface area contributed by atoms with Crippen LogP contribution in [-0.4, -0.2) is 16.2 Å². The summed E-state index contributed by atoms with van der Waals surface area (Å²) in [5.41, 5.74) is 6.38. The Morgan fingerprint density at radius 2 is 1.58 bits per heavy atom. The van der Waals surface area contributed by atoms with Gasteiger partial charge < -0.3 is 9.30 Å². The van der Waals surface area contributed by atoms with Gasteiger partial charge in [-0.1, -0.05) is 69.3 Å². The third-order valence-corrected chi connectivity index (χ3v) is 5.86. The van der Waals surface area contributed by atoms with Gasteiger partial charge in [0.15, 0.2) is 0 Å². The van der Waals surface area contributed by atoms with Crippen molar-refractivity contribution in [3.05, 3.63) is 95.3 Å². The molecule has 0 aliphatic rings. The molecule has 0 saturated heterocycles. The Morgan fingerprint density at radius 1 is 0.871 bits per heavy atom. The first-order valence-corrected chi connectivity index (χ1v) is 11.1. The third kappa shape index (κ3) is 4.99. The second kappa shape index (κ2) is 8.97. The maximum absolute atomic E-state index is 6.03. The molecule has 4 rings (SSSR count). The maximum atomic E-state index is 6.03. The van der Waals surface area contributed by atoms with Crippen molar-refractivity contribution < 1.29 is 4.74 Å². The van der Waals surface area contributed by atoms with E-state index in [0.29, 0.717) is 6.61 Å². The summed E-state index contributed by atoms with van der Waals surface area (Å²) in [4.78, 5) is 4.94. The Hall–Kier alpha value is -3.07. The smallest absolute Gasteiger partial charge is 0.119 e. The van der Waals surface area contributed by atoms with Crippen LogP contribution in [0, 0.1) is 6.92 Å². The van der Waals surface area contributed by atoms with Crippen LogP contribution in [0.4, 0.5) is 0 Å². The van der Waals surface area contributed by atoms with Gasteiger partial charge in [0.25, 0.3) is 0 Å². The lowest BCUT2D eigenvalue weighted by Crippen LogP contribution is -2.11. The van der Waals surface area contributed by atoms with Gasteiger partial charge in [-0.15, -0.1) is 0 Å². The molecule has 0 saturated carbocycles. The molecule has 0 amide bonds. The van der Waals surface area contributed by atoms with Gasteiger partial charge in [0.2, 0.25) is 0 Å². The molecule has 0 spiro atoms. The van der Waals surface area contributed by atoms with E-state index < -0.39 is 0 Å². The molecule has 0 aliphatic carbocycles. The topological polar surface area (TPSA) is 27.1 Å². The molecule has 3 heteroatoms. The molecule has 0 aliphatic heterocycles. The number of hydrogen-bond acceptors (Lipinski definition) is 2. The van der Waals surface area contributed by atoms with Gasteiger partial charge in [-0.25, -0.2) is 4.98 Å². The number of para-hydroxylation sites is 2. The van der Waals surface area contributed by atoms with E-state index in [9.17, 15) is 0 Å². The number of aromatic nitrogens is 2. The first-order valence-electron chi connectivity index (χ1n) is 11.1. The van der Waals surface area contributed by atoms with E-state index in [1.54, 1.807) is 0 Å². The highest BCUT2D eigenvalue weighted by Crippen LogP contribution is 2.24. The summed E-state index contributed by atoms with van der Waals surface area (Å²) < 4.78 is 8.38. The van der Waals surface area contributed by atoms with Gasteiger partial charge in [0.1, 0.15) is 11.6 Å². The second-order valence-corrected chi connectivity index (χ2v) is 9.25. The highest BCUT2D eigenvalue weighted by Gasteiger charge is 2.14. The first kappa shape index (κ1) is 21.2. The molecule has 0 bridgehead atoms. The molecule has 3 nitrogen and oxygen atoms in total. The number of benzene rings is 3. The normalized spacial score (nSPS) is 11.7. The van der Waals surface area contributed by atoms with Crippen molar-refractivity contribution in [2.75, 3.05) is 6.61 Å². The van der Waals surface area contributed by atoms with E-state index in [1.165, 1.54) is 22.2 Å². The standard InChI is InChI=1S/C28H32N2O/c1-21-10-5-6-11-22(21)20-27-29-25-12-7-8-13-26(25)30(27)18-9-19-31-24-16-14-23(15-17-24)28(2,3)4/h5-8,10-17H,9,18-20H2,1-4H3. The van der Waals surface area contributed by atoms with E-state index in [-0.39, 0.29) is 5.41 Å². The van der Waals surface area contributed by atoms with Gasteiger partial charge >= 0.3 is 0 Å². The Balaban J connectivity index is 1.45. The lowest BCUT2D eigenvalue weighted by Gasteiger charge is -2.19. The van der Waals surface area contributed by atoms with Crippen LogP contribution in [-0.2, 0) is 18.4 Å². The van der Waals surface area contributed by atoms with Crippen LogP contribution < -0.4 is 4.74 Å². The van der Waals surface area contributed by atoms with Crippen molar-refractivity contribution in [2.45, 2.75) is 52.5 Å². The molecule has 0 atom stereocenters. The maximum Gasteiger partial charge on any atom is 0.119 e. The summed E-state index contributed by atoms with van der Waals surface area (Å²) in [5, 5.41) is 0. The summed E-state index contributed by atoms with van der Waals surface area (Å²) in [7, 11) is 0. The molecule has 0 unspecified atom stereocenters. The third-order valence-electron chi connectivity index (χ3n) is 5.86. The Bertz CT molecular complexity index is 1150. The number of rotatable bonds is 7. The predicted molar refractivity (Wildman–Crippen MR) is 129 cm³/mol. The van der Waals surface area contributed by atoms with Crippen LogP contribution in [0.25, 0.3) is 11.0 Å². The summed E-state index contributed by atoms with van der Waals surface area (Å²) in [6.07, 6.45) is 1.78. The molecule has 1 heterocycles. The van der Waals surface area contributed by atoms with Crippen LogP contribution in [0.15, 0.2) is 72.8 Å². The zero-order valence-corrected chi connectivity index (χ0v) is 19.1. The lowest BCUT2D eigenvalue weighted by atomic mass is 9.87. The zero-order valence-electron chi connectivity index (χ0n) is 19.1. The van der Waals surface area contributed by atoms with Crippen LogP contribution in [0.3, 0.4) is 0 Å². The average Bonchev–Trinajstić information content (AvgIpc) is 3.10. The molecule has 0 N–H and O–H groups in total. The molecule has 31 heavy (non-hydrogen) atoms. The van der Waals surface area contributed by atoms with Gasteiger partial charge in [-0.3, -0.25) is 0 Å². The van der Waals surface area contributed by atoms with E-state index in [1.807, 2.05) is 0 Å². The number of fused-ring (bicyclic) bond motifs is 1. The quantitative estimate of drug-likeness (QED) is 0.316. The number of nitrogens with zero attached hydrogens (tertiary/aromatic N) is 2. The number of imidazole rings is 1. The highest BCUT2D eigenvalue weighted by molar-refractivity contribution is 5.76. The zero-order chi connectivity index (χ0) is 21.8. The fourth-order valence-electron chi connectivity index (χ4n) is 3.95. The second-order valence-electron chi connectivity index (χ2n) is 9.25. The molecule has 0 radical (unpaired) electrons. The van der Waals surface area contributed by atoms with E-state index >= 15 is 0 Å². The van der Waals surface area contributed by atoms with E-state index in [0.717, 1.165) is 36.5 Å². The summed E-state index contributed by atoms with van der Waals surface area (Å²) in [6.45, 7) is 10.4. The first-order chi connectivity index (χ1) is 14.9. The van der Waals surface area contributed by atoms with Crippen LogP contribution in [0.5, 0.6) is 5.75 Å². The van der Waals surface area contributed by atoms with Gasteiger partial charge in [0.05, 0.1) is 17.6 Å². The van der Waals surface area contributed by atoms with Crippen molar-refractivity contribution in [3.8, 4) is 5.75 Å². The van der Waals surface area contributed by atoms with Crippen molar-refractivity contribution in [2.24, 2.45) is 0 Å². The fourth-order valence-corrected chi connectivity index (χ4v) is 3.95. The predicted octanol–water partition coefficient (Wildman–Crippen LogP) is 6.70. The van der Waals surface area contributed by atoms with Gasteiger partial charge in [0, 0.05) is 13.0 Å². The van der Waals surface area contributed by atoms with Crippen LogP contribution in [0.1, 0.15) is 49.7 Å². The summed E-state index contributed by atoms with van der Waals surface area (Å²) >= 11 is 0. The van der Waals surface area contributed by atoms with Gasteiger partial charge in [-0.2, -0.15) is 0 Å². The molecule has 0 fully saturated rings. The minimum atomic E-state index is 0.161. The summed E-state index contributed by atoms with van der Waals surface area (Å²) in [6, 6.07) is 25.5. The largest absolute Gasteiger partial charge is 0.494 e. The number of ether oxygens (including phenoxy) is 1. The van der Waals surface area contributed by atoms with E-state index in [4.69, 9.17) is 9.72 Å². The van der Waals surface area contributed by atoms with Crippen LogP contribution in [0.2, 0.25) is 0 Å². The molecule has 1 aromatic heterocycles. The minimum Gasteiger partial charge on any atom is -0.494 e. The van der Waals surface area contributed by atoms with Crippen molar-refractivity contribution >= 4 is 11.0 Å². The molecule has 160 valence electrons. The monoisotopic (exact) mass is 412 g/mol. The Morgan fingerprint density at radius 3 is 2.32 bits per heavy atom. The molecule has 3 aromatic carbocycles. The number of aryl methyl sites for hydroxylation is 2. The number of hydrogen-bond donors (Lipinski definition) is 0. The average molecular weight is 413 g/mol.